The molecule has 1 aromatic heterocycles. The molecule has 0 fully saturated rings. The molecule has 2 amide bonds. The van der Waals surface area contributed by atoms with Gasteiger partial charge in [-0.1, -0.05) is 44.1 Å². The lowest BCUT2D eigenvalue weighted by Gasteiger charge is -2.34. The van der Waals surface area contributed by atoms with Crippen molar-refractivity contribution in [1.29, 1.82) is 5.26 Å². The van der Waals surface area contributed by atoms with E-state index < -0.39 is 17.6 Å². The maximum absolute atomic E-state index is 13.1. The van der Waals surface area contributed by atoms with Crippen LogP contribution in [0.4, 0.5) is 4.79 Å². The molecule has 0 saturated heterocycles. The Morgan fingerprint density at radius 2 is 2.03 bits per heavy atom. The molecular weight excluding hydrogens is 498 g/mol. The van der Waals surface area contributed by atoms with Gasteiger partial charge in [0.25, 0.3) is 5.89 Å². The van der Waals surface area contributed by atoms with Crippen LogP contribution in [-0.2, 0) is 17.8 Å². The van der Waals surface area contributed by atoms with Crippen LogP contribution in [-0.4, -0.2) is 50.8 Å². The van der Waals surface area contributed by atoms with Gasteiger partial charge in [-0.2, -0.15) is 10.2 Å². The van der Waals surface area contributed by atoms with Crippen LogP contribution in [0.25, 0.3) is 22.8 Å². The number of hydrogen-bond acceptors (Lipinski definition) is 7. The van der Waals surface area contributed by atoms with Crippen molar-refractivity contribution in [3.63, 3.8) is 0 Å². The summed E-state index contributed by atoms with van der Waals surface area (Å²) >= 11 is 0. The van der Waals surface area contributed by atoms with E-state index in [1.807, 2.05) is 52.8 Å². The summed E-state index contributed by atoms with van der Waals surface area (Å²) in [6, 6.07) is 12.6. The van der Waals surface area contributed by atoms with Crippen molar-refractivity contribution in [2.75, 3.05) is 6.54 Å². The number of nitrogens with zero attached hydrogens (tertiary/aromatic N) is 4. The number of nitrogens with one attached hydrogen (secondary N) is 1. The number of carbonyl (C=O) groups is 2. The van der Waals surface area contributed by atoms with Gasteiger partial charge in [-0.15, -0.1) is 0 Å². The lowest BCUT2D eigenvalue weighted by atomic mass is 9.84. The third-order valence-electron chi connectivity index (χ3n) is 6.72. The number of amides is 2. The van der Waals surface area contributed by atoms with Crippen molar-refractivity contribution < 1.29 is 24.0 Å². The van der Waals surface area contributed by atoms with Crippen LogP contribution in [0.1, 0.15) is 57.7 Å². The van der Waals surface area contributed by atoms with Gasteiger partial charge in [0.05, 0.1) is 11.7 Å². The van der Waals surface area contributed by atoms with Crippen LogP contribution < -0.4 is 10.1 Å². The molecule has 1 unspecified atom stereocenters. The van der Waals surface area contributed by atoms with E-state index in [1.165, 1.54) is 0 Å². The van der Waals surface area contributed by atoms with Crippen molar-refractivity contribution in [2.45, 2.75) is 66.2 Å². The second-order valence-corrected chi connectivity index (χ2v) is 11.0. The first-order chi connectivity index (χ1) is 18.5. The quantitative estimate of drug-likeness (QED) is 0.433. The highest BCUT2D eigenvalue weighted by atomic mass is 16.5. The number of hydrogen-bond donors (Lipinski definition) is 2. The van der Waals surface area contributed by atoms with Crippen LogP contribution in [0.3, 0.4) is 0 Å². The highest BCUT2D eigenvalue weighted by Crippen LogP contribution is 2.32. The molecule has 2 heterocycles. The summed E-state index contributed by atoms with van der Waals surface area (Å²) in [4.78, 5) is 30.7. The summed E-state index contributed by atoms with van der Waals surface area (Å²) in [5.41, 5.74) is 3.46. The Bertz CT molecular complexity index is 1420. The molecule has 1 atom stereocenters. The molecule has 39 heavy (non-hydrogen) atoms. The van der Waals surface area contributed by atoms with Gasteiger partial charge in [0.15, 0.2) is 0 Å². The molecule has 1 aliphatic heterocycles. The summed E-state index contributed by atoms with van der Waals surface area (Å²) in [5.74, 6) is 1.13. The molecular formula is C29H33N5O5. The number of benzene rings is 2. The smallest absolute Gasteiger partial charge is 0.404 e. The zero-order valence-corrected chi connectivity index (χ0v) is 22.8. The molecule has 10 heteroatoms. The fourth-order valence-electron chi connectivity index (χ4n) is 4.62. The van der Waals surface area contributed by atoms with E-state index in [0.29, 0.717) is 48.1 Å². The van der Waals surface area contributed by atoms with Crippen molar-refractivity contribution in [3.8, 4) is 34.7 Å². The maximum Gasteiger partial charge on any atom is 0.404 e. The first kappa shape index (κ1) is 27.6. The average molecular weight is 532 g/mol. The Hall–Kier alpha value is -4.39. The largest absolute Gasteiger partial charge is 0.490 e. The molecule has 0 saturated carbocycles. The Labute approximate surface area is 227 Å². The van der Waals surface area contributed by atoms with E-state index in [1.54, 1.807) is 23.1 Å². The summed E-state index contributed by atoms with van der Waals surface area (Å²) < 4.78 is 11.2. The van der Waals surface area contributed by atoms with Crippen molar-refractivity contribution in [2.24, 2.45) is 5.41 Å². The van der Waals surface area contributed by atoms with Gasteiger partial charge in [0.1, 0.15) is 11.8 Å². The highest BCUT2D eigenvalue weighted by molar-refractivity contribution is 5.78. The van der Waals surface area contributed by atoms with E-state index in [9.17, 15) is 20.0 Å². The fraction of sp³-hybridized carbons (Fsp3) is 0.414. The monoisotopic (exact) mass is 531 g/mol. The zero-order valence-electron chi connectivity index (χ0n) is 22.8. The van der Waals surface area contributed by atoms with Gasteiger partial charge in [-0.25, -0.2) is 4.79 Å². The molecule has 0 aliphatic carbocycles. The van der Waals surface area contributed by atoms with E-state index in [4.69, 9.17) is 9.26 Å². The van der Waals surface area contributed by atoms with E-state index in [0.717, 1.165) is 16.7 Å². The van der Waals surface area contributed by atoms with E-state index in [2.05, 4.69) is 21.5 Å². The highest BCUT2D eigenvalue weighted by Gasteiger charge is 2.32. The van der Waals surface area contributed by atoms with E-state index >= 15 is 0 Å². The number of rotatable bonds is 7. The molecule has 10 nitrogen and oxygen atoms in total. The number of carbonyl (C=O) groups excluding carboxylic acids is 1. The molecule has 0 bridgehead atoms. The third kappa shape index (κ3) is 6.37. The zero-order chi connectivity index (χ0) is 28.3. The number of fused-ring (bicyclic) bond motifs is 1. The van der Waals surface area contributed by atoms with Gasteiger partial charge in [-0.3, -0.25) is 4.79 Å². The van der Waals surface area contributed by atoms with Crippen molar-refractivity contribution in [3.05, 3.63) is 53.1 Å². The number of ether oxygens (including phenoxy) is 1. The first-order valence-corrected chi connectivity index (χ1v) is 12.9. The molecule has 0 spiro atoms. The molecule has 1 aliphatic rings. The Balaban J connectivity index is 1.53. The normalized spacial score (nSPS) is 13.9. The SMILES string of the molecule is CC(C)Oc1ccc(-c2nc(-c3cccc4c3CCN(C(=O)CC(NC(=O)O)C(C)(C)C)C4)no2)cc1C#N. The predicted molar refractivity (Wildman–Crippen MR) is 144 cm³/mol. The van der Waals surface area contributed by atoms with Gasteiger partial charge in [0, 0.05) is 36.7 Å². The van der Waals surface area contributed by atoms with E-state index in [-0.39, 0.29) is 18.4 Å². The van der Waals surface area contributed by atoms with Crippen molar-refractivity contribution >= 4 is 12.0 Å². The minimum atomic E-state index is -1.14. The van der Waals surface area contributed by atoms with Gasteiger partial charge in [0.2, 0.25) is 11.7 Å². The second-order valence-electron chi connectivity index (χ2n) is 11.0. The van der Waals surface area contributed by atoms with Crippen molar-refractivity contribution in [1.82, 2.24) is 20.4 Å². The molecule has 2 N–H and O–H groups in total. The summed E-state index contributed by atoms with van der Waals surface area (Å²) in [6.45, 7) is 10.4. The topological polar surface area (TPSA) is 142 Å². The summed E-state index contributed by atoms with van der Waals surface area (Å²) in [7, 11) is 0. The minimum Gasteiger partial charge on any atom is -0.490 e. The fourth-order valence-corrected chi connectivity index (χ4v) is 4.62. The lowest BCUT2D eigenvalue weighted by molar-refractivity contribution is -0.133. The minimum absolute atomic E-state index is 0.0604. The van der Waals surface area contributed by atoms with Crippen LogP contribution in [0.5, 0.6) is 5.75 Å². The van der Waals surface area contributed by atoms with Crippen LogP contribution in [0.15, 0.2) is 40.9 Å². The molecule has 2 aromatic carbocycles. The summed E-state index contributed by atoms with van der Waals surface area (Å²) in [6.07, 6.45) is -0.507. The Kier molecular flexibility index (Phi) is 7.90. The van der Waals surface area contributed by atoms with Crippen LogP contribution >= 0.6 is 0 Å². The first-order valence-electron chi connectivity index (χ1n) is 12.9. The number of nitriles is 1. The van der Waals surface area contributed by atoms with Gasteiger partial charge >= 0.3 is 6.09 Å². The maximum atomic E-state index is 13.1. The molecule has 3 aromatic rings. The molecule has 204 valence electrons. The second kappa shape index (κ2) is 11.2. The van der Waals surface area contributed by atoms with Crippen LogP contribution in [0, 0.1) is 16.7 Å². The number of aromatic nitrogens is 2. The predicted octanol–water partition coefficient (Wildman–Crippen LogP) is 5.02. The van der Waals surface area contributed by atoms with Gasteiger partial charge < -0.3 is 24.6 Å². The molecule has 0 radical (unpaired) electrons. The van der Waals surface area contributed by atoms with Gasteiger partial charge in [-0.05, 0) is 55.0 Å². The summed E-state index contributed by atoms with van der Waals surface area (Å²) in [5, 5.41) is 25.5. The average Bonchev–Trinajstić information content (AvgIpc) is 3.37. The lowest BCUT2D eigenvalue weighted by Crippen LogP contribution is -2.47. The molecule has 4 rings (SSSR count). The number of carboxylic acid groups (broad SMARTS) is 1. The Morgan fingerprint density at radius 3 is 2.69 bits per heavy atom. The third-order valence-corrected chi connectivity index (χ3v) is 6.72. The standard InChI is InChI=1S/C29H33N5O5/c1-17(2)38-23-10-9-18(13-20(23)15-30)27-32-26(33-39-27)22-8-6-7-19-16-34(12-11-21(19)22)25(35)14-24(29(3,4)5)31-28(36)37/h6-10,13,17,24,31H,11-12,14,16H2,1-5H3,(H,36,37). The van der Waals surface area contributed by atoms with Crippen LogP contribution in [0.2, 0.25) is 0 Å². The Morgan fingerprint density at radius 1 is 1.26 bits per heavy atom.